The van der Waals surface area contributed by atoms with Crippen LogP contribution in [0.15, 0.2) is 48.9 Å². The van der Waals surface area contributed by atoms with Crippen LogP contribution in [0.1, 0.15) is 29.6 Å². The molecule has 2 aromatic heterocycles. The van der Waals surface area contributed by atoms with Crippen LogP contribution in [0.2, 0.25) is 0 Å². The summed E-state index contributed by atoms with van der Waals surface area (Å²) >= 11 is 0. The summed E-state index contributed by atoms with van der Waals surface area (Å²) in [4.78, 5) is 26.8. The average molecular weight is 391 g/mol. The van der Waals surface area contributed by atoms with Crippen LogP contribution in [0.5, 0.6) is 0 Å². The highest BCUT2D eigenvalue weighted by atomic mass is 16.5. The number of nitrogens with one attached hydrogen (secondary N) is 2. The topological polar surface area (TPSA) is 83.1 Å². The Bertz CT molecular complexity index is 981. The molecule has 1 amide bonds. The van der Waals surface area contributed by atoms with Gasteiger partial charge in [-0.1, -0.05) is 6.07 Å². The molecular weight excluding hydrogens is 366 g/mol. The number of nitrogens with zero attached hydrogens (tertiary/aromatic N) is 3. The predicted molar refractivity (Wildman–Crippen MR) is 111 cm³/mol. The molecule has 1 aromatic carbocycles. The SMILES string of the molecule is O=C(c1cccc2[nH]ccc12)N1CCC([C@@H]2OCC[C@H]2Nc2ncccn2)CC1. The Balaban J connectivity index is 1.23. The summed E-state index contributed by atoms with van der Waals surface area (Å²) in [6, 6.07) is 9.87. The standard InChI is InChI=1S/C22H25N5O2/c28-21(17-3-1-4-18-16(17)5-11-23-18)27-12-6-15(7-13-27)20-19(8-14-29-20)26-22-24-9-2-10-25-22/h1-5,9-11,15,19-20,23H,6-8,12-14H2,(H,24,25,26)/t19-,20+/m1/s1. The summed E-state index contributed by atoms with van der Waals surface area (Å²) in [5, 5.41) is 4.43. The van der Waals surface area contributed by atoms with E-state index >= 15 is 0 Å². The van der Waals surface area contributed by atoms with Crippen molar-refractivity contribution in [3.8, 4) is 0 Å². The molecule has 2 N–H and O–H groups in total. The highest BCUT2D eigenvalue weighted by Gasteiger charge is 2.37. The van der Waals surface area contributed by atoms with E-state index in [0.717, 1.165) is 55.4 Å². The number of likely N-dealkylation sites (tertiary alicyclic amines) is 1. The molecule has 0 radical (unpaired) electrons. The van der Waals surface area contributed by atoms with Gasteiger partial charge < -0.3 is 19.9 Å². The van der Waals surface area contributed by atoms with Gasteiger partial charge in [0.25, 0.3) is 5.91 Å². The number of fused-ring (bicyclic) bond motifs is 1. The Labute approximate surface area is 169 Å². The highest BCUT2D eigenvalue weighted by Crippen LogP contribution is 2.31. The Hall–Kier alpha value is -2.93. The van der Waals surface area contributed by atoms with Gasteiger partial charge in [-0.05, 0) is 49.4 Å². The lowest BCUT2D eigenvalue weighted by molar-refractivity contribution is 0.0261. The van der Waals surface area contributed by atoms with Crippen LogP contribution in [-0.2, 0) is 4.74 Å². The molecule has 0 spiro atoms. The van der Waals surface area contributed by atoms with Gasteiger partial charge in [0.2, 0.25) is 5.95 Å². The molecule has 3 aromatic rings. The van der Waals surface area contributed by atoms with Crippen LogP contribution in [0.25, 0.3) is 10.9 Å². The Kier molecular flexibility index (Phi) is 4.89. The number of hydrogen-bond donors (Lipinski definition) is 2. The van der Waals surface area contributed by atoms with E-state index in [9.17, 15) is 4.79 Å². The molecule has 0 bridgehead atoms. The Morgan fingerprint density at radius 1 is 1.10 bits per heavy atom. The second kappa shape index (κ2) is 7.83. The molecule has 7 heteroatoms. The Morgan fingerprint density at radius 2 is 1.93 bits per heavy atom. The van der Waals surface area contributed by atoms with Gasteiger partial charge in [0, 0.05) is 54.8 Å². The number of carbonyl (C=O) groups is 1. The van der Waals surface area contributed by atoms with Crippen LogP contribution in [0, 0.1) is 5.92 Å². The summed E-state index contributed by atoms with van der Waals surface area (Å²) in [5.74, 6) is 1.21. The van der Waals surface area contributed by atoms with E-state index in [2.05, 4.69) is 20.3 Å². The number of anilines is 1. The molecule has 2 saturated heterocycles. The van der Waals surface area contributed by atoms with Crippen molar-refractivity contribution in [2.45, 2.75) is 31.4 Å². The fourth-order valence-corrected chi connectivity index (χ4v) is 4.64. The van der Waals surface area contributed by atoms with Gasteiger partial charge >= 0.3 is 0 Å². The molecule has 4 heterocycles. The van der Waals surface area contributed by atoms with Gasteiger partial charge in [0.1, 0.15) is 0 Å². The molecule has 29 heavy (non-hydrogen) atoms. The third kappa shape index (κ3) is 3.58. The van der Waals surface area contributed by atoms with Gasteiger partial charge in [0.05, 0.1) is 12.1 Å². The van der Waals surface area contributed by atoms with Crippen LogP contribution in [0.4, 0.5) is 5.95 Å². The van der Waals surface area contributed by atoms with Crippen LogP contribution in [-0.4, -0.2) is 57.6 Å². The van der Waals surface area contributed by atoms with Gasteiger partial charge in [-0.15, -0.1) is 0 Å². The van der Waals surface area contributed by atoms with E-state index in [0.29, 0.717) is 11.9 Å². The molecule has 5 rings (SSSR count). The molecule has 0 aliphatic carbocycles. The van der Waals surface area contributed by atoms with E-state index in [-0.39, 0.29) is 18.1 Å². The summed E-state index contributed by atoms with van der Waals surface area (Å²) in [5.41, 5.74) is 1.78. The first-order valence-corrected chi connectivity index (χ1v) is 10.3. The molecule has 2 aliphatic rings. The van der Waals surface area contributed by atoms with Crippen molar-refractivity contribution in [3.05, 3.63) is 54.5 Å². The second-order valence-corrected chi connectivity index (χ2v) is 7.82. The van der Waals surface area contributed by atoms with E-state index in [1.165, 1.54) is 0 Å². The van der Waals surface area contributed by atoms with Crippen molar-refractivity contribution in [2.24, 2.45) is 5.92 Å². The van der Waals surface area contributed by atoms with Gasteiger partial charge in [0.15, 0.2) is 0 Å². The fraction of sp³-hybridized carbons (Fsp3) is 0.409. The number of aromatic nitrogens is 3. The molecule has 0 saturated carbocycles. The smallest absolute Gasteiger partial charge is 0.254 e. The summed E-state index contributed by atoms with van der Waals surface area (Å²) in [7, 11) is 0. The van der Waals surface area contributed by atoms with Gasteiger partial charge in [-0.2, -0.15) is 0 Å². The van der Waals surface area contributed by atoms with Crippen molar-refractivity contribution in [2.75, 3.05) is 25.0 Å². The van der Waals surface area contributed by atoms with Gasteiger partial charge in [-0.25, -0.2) is 9.97 Å². The van der Waals surface area contributed by atoms with Gasteiger partial charge in [-0.3, -0.25) is 4.79 Å². The zero-order valence-electron chi connectivity index (χ0n) is 16.3. The maximum Gasteiger partial charge on any atom is 0.254 e. The molecule has 150 valence electrons. The highest BCUT2D eigenvalue weighted by molar-refractivity contribution is 6.06. The predicted octanol–water partition coefficient (Wildman–Crippen LogP) is 3.08. The van der Waals surface area contributed by atoms with Crippen molar-refractivity contribution in [3.63, 3.8) is 0 Å². The quantitative estimate of drug-likeness (QED) is 0.714. The maximum absolute atomic E-state index is 13.1. The van der Waals surface area contributed by atoms with Crippen molar-refractivity contribution < 1.29 is 9.53 Å². The zero-order valence-corrected chi connectivity index (χ0v) is 16.3. The number of amides is 1. The molecule has 2 atom stereocenters. The van der Waals surface area contributed by atoms with E-state index < -0.39 is 0 Å². The number of H-pyrrole nitrogens is 1. The minimum Gasteiger partial charge on any atom is -0.376 e. The maximum atomic E-state index is 13.1. The van der Waals surface area contributed by atoms with E-state index in [1.54, 1.807) is 12.4 Å². The van der Waals surface area contributed by atoms with E-state index in [4.69, 9.17) is 4.74 Å². The average Bonchev–Trinajstić information content (AvgIpc) is 3.43. The molecule has 7 nitrogen and oxygen atoms in total. The number of hydrogen-bond acceptors (Lipinski definition) is 5. The van der Waals surface area contributed by atoms with Crippen LogP contribution in [0.3, 0.4) is 0 Å². The first-order valence-electron chi connectivity index (χ1n) is 10.3. The molecule has 0 unspecified atom stereocenters. The fourth-order valence-electron chi connectivity index (χ4n) is 4.64. The Morgan fingerprint density at radius 3 is 2.76 bits per heavy atom. The molecular formula is C22H25N5O2. The third-order valence-corrected chi connectivity index (χ3v) is 6.13. The lowest BCUT2D eigenvalue weighted by Gasteiger charge is -2.36. The number of aromatic amines is 1. The summed E-state index contributed by atoms with van der Waals surface area (Å²) in [6.07, 6.45) is 8.38. The zero-order chi connectivity index (χ0) is 19.6. The number of benzene rings is 1. The summed E-state index contributed by atoms with van der Waals surface area (Å²) < 4.78 is 6.08. The van der Waals surface area contributed by atoms with E-state index in [1.807, 2.05) is 41.4 Å². The first kappa shape index (κ1) is 18.1. The molecule has 2 fully saturated rings. The van der Waals surface area contributed by atoms with Crippen molar-refractivity contribution >= 4 is 22.8 Å². The lowest BCUT2D eigenvalue weighted by Crippen LogP contribution is -2.44. The van der Waals surface area contributed by atoms with Crippen molar-refractivity contribution in [1.29, 1.82) is 0 Å². The largest absolute Gasteiger partial charge is 0.376 e. The number of ether oxygens (including phenoxy) is 1. The number of rotatable bonds is 4. The first-order chi connectivity index (χ1) is 14.3. The lowest BCUT2D eigenvalue weighted by atomic mass is 9.87. The normalized spacial score (nSPS) is 22.8. The summed E-state index contributed by atoms with van der Waals surface area (Å²) in [6.45, 7) is 2.28. The molecule has 2 aliphatic heterocycles. The minimum atomic E-state index is 0.119. The minimum absolute atomic E-state index is 0.119. The monoisotopic (exact) mass is 391 g/mol. The van der Waals surface area contributed by atoms with Crippen LogP contribution < -0.4 is 5.32 Å². The number of piperidine rings is 1. The number of carbonyl (C=O) groups excluding carboxylic acids is 1. The second-order valence-electron chi connectivity index (χ2n) is 7.82. The third-order valence-electron chi connectivity index (χ3n) is 6.13. The van der Waals surface area contributed by atoms with Crippen molar-refractivity contribution in [1.82, 2.24) is 19.9 Å². The van der Waals surface area contributed by atoms with Crippen LogP contribution >= 0.6 is 0 Å².